The third-order valence-corrected chi connectivity index (χ3v) is 4.50. The Bertz CT molecular complexity index is 957. The molecular formula is C17H14Cl2N4O. The molecule has 1 aromatic carbocycles. The van der Waals surface area contributed by atoms with Crippen molar-refractivity contribution in [2.75, 3.05) is 19.0 Å². The quantitative estimate of drug-likeness (QED) is 0.771. The van der Waals surface area contributed by atoms with Gasteiger partial charge >= 0.3 is 0 Å². The molecule has 5 nitrogen and oxygen atoms in total. The number of hydrogen-bond donors (Lipinski definition) is 1. The number of pyridine rings is 2. The minimum absolute atomic E-state index is 0.314. The van der Waals surface area contributed by atoms with Gasteiger partial charge in [0.05, 0.1) is 26.8 Å². The highest BCUT2D eigenvalue weighted by atomic mass is 35.5. The number of amides is 1. The highest BCUT2D eigenvalue weighted by Gasteiger charge is 2.19. The number of aromatic nitrogens is 2. The van der Waals surface area contributed by atoms with Crippen LogP contribution in [0.25, 0.3) is 22.2 Å². The summed E-state index contributed by atoms with van der Waals surface area (Å²) in [6.45, 7) is 0. The van der Waals surface area contributed by atoms with Gasteiger partial charge in [-0.15, -0.1) is 0 Å². The van der Waals surface area contributed by atoms with Gasteiger partial charge in [0.25, 0.3) is 5.91 Å². The third-order valence-electron chi connectivity index (χ3n) is 3.68. The summed E-state index contributed by atoms with van der Waals surface area (Å²) in [7, 11) is 3.64. The van der Waals surface area contributed by atoms with E-state index in [9.17, 15) is 4.79 Å². The molecule has 0 unspecified atom stereocenters. The van der Waals surface area contributed by atoms with Crippen LogP contribution in [-0.4, -0.2) is 30.0 Å². The zero-order valence-corrected chi connectivity index (χ0v) is 14.6. The fraction of sp³-hybridized carbons (Fsp3) is 0.118. The molecule has 0 fully saturated rings. The number of fused-ring (bicyclic) bond motifs is 1. The molecule has 0 aliphatic rings. The van der Waals surface area contributed by atoms with Crippen molar-refractivity contribution in [3.05, 3.63) is 52.3 Å². The Balaban J connectivity index is 2.39. The van der Waals surface area contributed by atoms with Crippen molar-refractivity contribution >= 4 is 45.8 Å². The molecule has 2 heterocycles. The SMILES string of the molecule is CN(C)c1c(C(N)=O)cnc2c(-c3cccc(Cl)c3Cl)ccnc12. The van der Waals surface area contributed by atoms with Crippen LogP contribution in [0.5, 0.6) is 0 Å². The monoisotopic (exact) mass is 360 g/mol. The number of nitrogens with two attached hydrogens (primary N) is 1. The summed E-state index contributed by atoms with van der Waals surface area (Å²) in [4.78, 5) is 22.3. The number of benzene rings is 1. The van der Waals surface area contributed by atoms with Gasteiger partial charge in [0.15, 0.2) is 0 Å². The summed E-state index contributed by atoms with van der Waals surface area (Å²) in [5, 5.41) is 0.902. The number of hydrogen-bond acceptors (Lipinski definition) is 4. The third kappa shape index (κ3) is 2.66. The second kappa shape index (κ2) is 6.26. The summed E-state index contributed by atoms with van der Waals surface area (Å²) >= 11 is 12.5. The first-order valence-corrected chi connectivity index (χ1v) is 7.86. The Kier molecular flexibility index (Phi) is 4.30. The lowest BCUT2D eigenvalue weighted by atomic mass is 10.0. The smallest absolute Gasteiger partial charge is 0.252 e. The second-order valence-electron chi connectivity index (χ2n) is 5.44. The van der Waals surface area contributed by atoms with Gasteiger partial charge in [-0.2, -0.15) is 0 Å². The van der Waals surface area contributed by atoms with Crippen LogP contribution in [0.2, 0.25) is 10.0 Å². The normalized spacial score (nSPS) is 10.8. The van der Waals surface area contributed by atoms with E-state index < -0.39 is 5.91 Å². The first-order valence-electron chi connectivity index (χ1n) is 7.11. The molecule has 0 aliphatic heterocycles. The number of anilines is 1. The molecule has 122 valence electrons. The number of carbonyl (C=O) groups excluding carboxylic acids is 1. The highest BCUT2D eigenvalue weighted by molar-refractivity contribution is 6.43. The lowest BCUT2D eigenvalue weighted by Gasteiger charge is -2.18. The van der Waals surface area contributed by atoms with E-state index >= 15 is 0 Å². The Morgan fingerprint density at radius 2 is 1.83 bits per heavy atom. The summed E-state index contributed by atoms with van der Waals surface area (Å²) in [6, 6.07) is 7.22. The lowest BCUT2D eigenvalue weighted by Crippen LogP contribution is -2.19. The van der Waals surface area contributed by atoms with E-state index in [2.05, 4.69) is 9.97 Å². The number of halogens is 2. The van der Waals surface area contributed by atoms with Crippen LogP contribution < -0.4 is 10.6 Å². The zero-order chi connectivity index (χ0) is 17.4. The second-order valence-corrected chi connectivity index (χ2v) is 6.22. The molecule has 0 atom stereocenters. The van der Waals surface area contributed by atoms with Crippen molar-refractivity contribution in [3.63, 3.8) is 0 Å². The van der Waals surface area contributed by atoms with E-state index in [1.54, 1.807) is 17.2 Å². The van der Waals surface area contributed by atoms with Gasteiger partial charge in [-0.3, -0.25) is 14.8 Å². The van der Waals surface area contributed by atoms with Crippen LogP contribution in [0, 0.1) is 0 Å². The minimum atomic E-state index is -0.555. The molecule has 24 heavy (non-hydrogen) atoms. The molecule has 0 bridgehead atoms. The van der Waals surface area contributed by atoms with E-state index in [4.69, 9.17) is 28.9 Å². The molecule has 1 amide bonds. The van der Waals surface area contributed by atoms with Crippen molar-refractivity contribution in [3.8, 4) is 11.1 Å². The molecule has 7 heteroatoms. The first-order chi connectivity index (χ1) is 11.4. The number of rotatable bonds is 3. The lowest BCUT2D eigenvalue weighted by molar-refractivity contribution is 0.100. The predicted octanol–water partition coefficient (Wildman–Crippen LogP) is 3.77. The number of carbonyl (C=O) groups is 1. The van der Waals surface area contributed by atoms with Gasteiger partial charge in [0, 0.05) is 37.6 Å². The molecule has 2 aromatic heterocycles. The maximum atomic E-state index is 11.7. The maximum Gasteiger partial charge on any atom is 0.252 e. The topological polar surface area (TPSA) is 72.1 Å². The number of primary amides is 1. The molecule has 0 radical (unpaired) electrons. The minimum Gasteiger partial charge on any atom is -0.375 e. The van der Waals surface area contributed by atoms with Gasteiger partial charge < -0.3 is 10.6 Å². The van der Waals surface area contributed by atoms with Gasteiger partial charge in [0.1, 0.15) is 5.52 Å². The molecule has 0 saturated heterocycles. The Hall–Kier alpha value is -2.37. The van der Waals surface area contributed by atoms with Crippen molar-refractivity contribution in [2.45, 2.75) is 0 Å². The van der Waals surface area contributed by atoms with Crippen molar-refractivity contribution in [1.29, 1.82) is 0 Å². The molecule has 0 spiro atoms. The average Bonchev–Trinajstić information content (AvgIpc) is 2.55. The fourth-order valence-electron chi connectivity index (χ4n) is 2.64. The Morgan fingerprint density at radius 1 is 1.08 bits per heavy atom. The Morgan fingerprint density at radius 3 is 2.50 bits per heavy atom. The van der Waals surface area contributed by atoms with E-state index in [1.807, 2.05) is 32.3 Å². The zero-order valence-electron chi connectivity index (χ0n) is 13.0. The largest absolute Gasteiger partial charge is 0.375 e. The van der Waals surface area contributed by atoms with Crippen LogP contribution in [0.1, 0.15) is 10.4 Å². The fourth-order valence-corrected chi connectivity index (χ4v) is 3.04. The van der Waals surface area contributed by atoms with E-state index in [0.717, 1.165) is 11.1 Å². The van der Waals surface area contributed by atoms with Crippen LogP contribution in [0.15, 0.2) is 36.7 Å². The van der Waals surface area contributed by atoms with E-state index in [0.29, 0.717) is 32.3 Å². The van der Waals surface area contributed by atoms with E-state index in [1.165, 1.54) is 6.20 Å². The molecule has 2 N–H and O–H groups in total. The van der Waals surface area contributed by atoms with Crippen molar-refractivity contribution < 1.29 is 4.79 Å². The first kappa shape index (κ1) is 16.5. The molecule has 0 aliphatic carbocycles. The molecular weight excluding hydrogens is 347 g/mol. The predicted molar refractivity (Wildman–Crippen MR) is 97.8 cm³/mol. The van der Waals surface area contributed by atoms with Crippen LogP contribution >= 0.6 is 23.2 Å². The maximum absolute atomic E-state index is 11.7. The van der Waals surface area contributed by atoms with Crippen molar-refractivity contribution in [2.24, 2.45) is 5.73 Å². The molecule has 3 rings (SSSR count). The van der Waals surface area contributed by atoms with E-state index in [-0.39, 0.29) is 0 Å². The van der Waals surface area contributed by atoms with Crippen molar-refractivity contribution in [1.82, 2.24) is 9.97 Å². The van der Waals surface area contributed by atoms with Crippen LogP contribution in [0.3, 0.4) is 0 Å². The summed E-state index contributed by atoms with van der Waals surface area (Å²) in [5.74, 6) is -0.555. The molecule has 0 saturated carbocycles. The standard InChI is InChI=1S/C17H14Cl2N4O/c1-23(2)16-11(17(20)24)8-22-14-10(6-7-21-15(14)16)9-4-3-5-12(18)13(9)19/h3-8H,1-2H3,(H2,20,24). The summed E-state index contributed by atoms with van der Waals surface area (Å²) in [6.07, 6.45) is 3.11. The Labute approximate surface area is 149 Å². The average molecular weight is 361 g/mol. The van der Waals surface area contributed by atoms with Crippen LogP contribution in [-0.2, 0) is 0 Å². The molecule has 3 aromatic rings. The van der Waals surface area contributed by atoms with Gasteiger partial charge in [-0.1, -0.05) is 35.3 Å². The van der Waals surface area contributed by atoms with Gasteiger partial charge in [-0.05, 0) is 12.1 Å². The number of nitrogens with zero attached hydrogens (tertiary/aromatic N) is 3. The summed E-state index contributed by atoms with van der Waals surface area (Å²) in [5.41, 5.74) is 9.13. The van der Waals surface area contributed by atoms with Gasteiger partial charge in [-0.25, -0.2) is 0 Å². The summed E-state index contributed by atoms with van der Waals surface area (Å²) < 4.78 is 0. The van der Waals surface area contributed by atoms with Gasteiger partial charge in [0.2, 0.25) is 0 Å². The highest BCUT2D eigenvalue weighted by Crippen LogP contribution is 2.38. The van der Waals surface area contributed by atoms with Crippen LogP contribution in [0.4, 0.5) is 5.69 Å².